The lowest BCUT2D eigenvalue weighted by Gasteiger charge is -2.28. The molecule has 0 saturated carbocycles. The summed E-state index contributed by atoms with van der Waals surface area (Å²) in [5.41, 5.74) is 21.3. The molecule has 28 heteroatoms. The number of hydrogen-bond acceptors (Lipinski definition) is 14. The highest BCUT2D eigenvalue weighted by Crippen LogP contribution is 2.10. The molecule has 0 spiro atoms. The number of primary amides is 1. The maximum atomic E-state index is 13.6. The number of nitrogens with one attached hydrogen (secondary N) is 8. The van der Waals surface area contributed by atoms with Gasteiger partial charge in [0.05, 0.1) is 19.5 Å². The Balaban J connectivity index is 6.21. The Morgan fingerprint density at radius 2 is 0.971 bits per heavy atom. The van der Waals surface area contributed by atoms with Gasteiger partial charge >= 0.3 is 17.9 Å². The van der Waals surface area contributed by atoms with Crippen molar-refractivity contribution in [3.63, 3.8) is 0 Å². The summed E-state index contributed by atoms with van der Waals surface area (Å²) in [6.45, 7) is 8.19. The molecule has 0 aliphatic heterocycles. The van der Waals surface area contributed by atoms with Crippen molar-refractivity contribution in [2.24, 2.45) is 45.7 Å². The van der Waals surface area contributed by atoms with Crippen molar-refractivity contribution in [1.82, 2.24) is 42.5 Å². The van der Waals surface area contributed by atoms with Crippen LogP contribution in [-0.4, -0.2) is 154 Å². The van der Waals surface area contributed by atoms with Crippen molar-refractivity contribution in [2.45, 2.75) is 135 Å². The molecular formula is C40H69N13O15. The molecule has 0 rings (SSSR count). The topological polar surface area (TPSA) is 478 Å². The Hall–Kier alpha value is -7.13. The predicted octanol–water partition coefficient (Wildman–Crippen LogP) is -5.44. The van der Waals surface area contributed by atoms with E-state index in [4.69, 9.17) is 22.9 Å². The second-order valence-corrected chi connectivity index (χ2v) is 16.8. The van der Waals surface area contributed by atoms with Gasteiger partial charge in [0, 0.05) is 19.4 Å². The largest absolute Gasteiger partial charge is 0.481 e. The summed E-state index contributed by atoms with van der Waals surface area (Å²) in [6.07, 6.45) is -2.78. The van der Waals surface area contributed by atoms with Gasteiger partial charge in [-0.3, -0.25) is 57.7 Å². The van der Waals surface area contributed by atoms with Gasteiger partial charge < -0.3 is 80.8 Å². The number of carbonyl (C=O) groups is 12. The van der Waals surface area contributed by atoms with Gasteiger partial charge in [0.1, 0.15) is 42.3 Å². The SMILES string of the molecule is CC(C)C[C@H](NC(=O)[C@H](CC(=O)O)NC(=O)[C@@H](NC(=O)[C@H](CCC(N)=O)NC(=O)CNC(=O)[C@H](CCC(=O)O)NC(=O)[C@@H](NC(=O)[C@H](CCCN=C(N)N)NC(=O)CN)C(C)C)C(C)C)C(=O)O. The Kier molecular flexibility index (Phi) is 27.7. The zero-order chi connectivity index (χ0) is 52.4. The summed E-state index contributed by atoms with van der Waals surface area (Å²) in [4.78, 5) is 156. The van der Waals surface area contributed by atoms with E-state index >= 15 is 0 Å². The van der Waals surface area contributed by atoms with Gasteiger partial charge in [0.15, 0.2) is 5.96 Å². The van der Waals surface area contributed by atoms with Crippen LogP contribution in [0.4, 0.5) is 0 Å². The molecule has 0 aromatic heterocycles. The molecule has 28 nitrogen and oxygen atoms in total. The van der Waals surface area contributed by atoms with Gasteiger partial charge in [0.2, 0.25) is 53.2 Å². The quantitative estimate of drug-likeness (QED) is 0.0166. The van der Waals surface area contributed by atoms with Crippen LogP contribution in [0.25, 0.3) is 0 Å². The minimum atomic E-state index is -1.79. The highest BCUT2D eigenvalue weighted by atomic mass is 16.4. The summed E-state index contributed by atoms with van der Waals surface area (Å²) in [6, 6.07) is -10.5. The average molecular weight is 972 g/mol. The molecular weight excluding hydrogens is 903 g/mol. The van der Waals surface area contributed by atoms with Crippen LogP contribution < -0.4 is 65.5 Å². The van der Waals surface area contributed by atoms with E-state index in [0.29, 0.717) is 0 Å². The molecule has 0 aliphatic carbocycles. The van der Waals surface area contributed by atoms with E-state index in [0.717, 1.165) is 0 Å². The lowest BCUT2D eigenvalue weighted by molar-refractivity contribution is -0.144. The standard InChI is InChI=1S/C40H69N13O15/c1-18(2)14-25(39(67)68)51-36(64)24(15-30(59)60)50-38(66)32(20(5)6)53-35(63)23(9-11-26(42)54)48-28(56)17-46-33(61)22(10-12-29(57)58)49-37(65)31(19(3)4)52-34(62)21(47-27(55)16-41)8-7-13-45-40(43)44/h18-25,31-32H,7-17,41H2,1-6H3,(H2,42,54)(H,46,61)(H,47,55)(H,48,56)(H,49,65)(H,50,66)(H,51,64)(H,52,62)(H,53,63)(H,57,58)(H,59,60)(H,67,68)(H4,43,44,45)/t21-,22-,23-,24-,25-,31-,32-/m0/s1. The number of aliphatic imine (C=N–C) groups is 1. The molecule has 9 amide bonds. The zero-order valence-electron chi connectivity index (χ0n) is 39.0. The summed E-state index contributed by atoms with van der Waals surface area (Å²) in [5, 5.41) is 47.0. The van der Waals surface area contributed by atoms with Crippen LogP contribution in [0.3, 0.4) is 0 Å². The number of hydrogen-bond donors (Lipinski definition) is 15. The van der Waals surface area contributed by atoms with Crippen LogP contribution in [0.15, 0.2) is 4.99 Å². The smallest absolute Gasteiger partial charge is 0.326 e. The molecule has 0 aromatic rings. The fraction of sp³-hybridized carbons (Fsp3) is 0.675. The third-order valence-electron chi connectivity index (χ3n) is 9.64. The van der Waals surface area contributed by atoms with E-state index < -0.39 is 170 Å². The van der Waals surface area contributed by atoms with Crippen LogP contribution in [0.2, 0.25) is 0 Å². The monoisotopic (exact) mass is 972 g/mol. The zero-order valence-corrected chi connectivity index (χ0v) is 39.0. The Morgan fingerprint density at radius 3 is 1.41 bits per heavy atom. The first-order valence-electron chi connectivity index (χ1n) is 21.7. The average Bonchev–Trinajstić information content (AvgIpc) is 3.22. The molecule has 0 bridgehead atoms. The van der Waals surface area contributed by atoms with Gasteiger partial charge in [-0.25, -0.2) is 4.79 Å². The van der Waals surface area contributed by atoms with Gasteiger partial charge in [-0.15, -0.1) is 0 Å². The fourth-order valence-electron chi connectivity index (χ4n) is 6.10. The first-order valence-corrected chi connectivity index (χ1v) is 21.7. The van der Waals surface area contributed by atoms with Crippen molar-refractivity contribution >= 4 is 77.0 Å². The van der Waals surface area contributed by atoms with Crippen LogP contribution in [-0.2, 0) is 57.5 Å². The van der Waals surface area contributed by atoms with Crippen LogP contribution in [0.1, 0.15) is 92.9 Å². The minimum absolute atomic E-state index is 0.0184. The van der Waals surface area contributed by atoms with Crippen LogP contribution in [0, 0.1) is 17.8 Å². The van der Waals surface area contributed by atoms with E-state index in [1.165, 1.54) is 13.8 Å². The molecule has 0 saturated heterocycles. The van der Waals surface area contributed by atoms with E-state index in [2.05, 4.69) is 47.5 Å². The number of aliphatic carboxylic acids is 3. The van der Waals surface area contributed by atoms with Crippen molar-refractivity contribution in [3.05, 3.63) is 0 Å². The highest BCUT2D eigenvalue weighted by molar-refractivity contribution is 5.98. The van der Waals surface area contributed by atoms with E-state index in [1.54, 1.807) is 27.7 Å². The first-order chi connectivity index (χ1) is 31.6. The van der Waals surface area contributed by atoms with Gasteiger partial charge in [-0.2, -0.15) is 0 Å². The molecule has 0 unspecified atom stereocenters. The number of amides is 9. The lowest BCUT2D eigenvalue weighted by atomic mass is 10.0. The summed E-state index contributed by atoms with van der Waals surface area (Å²) in [7, 11) is 0. The highest BCUT2D eigenvalue weighted by Gasteiger charge is 2.35. The molecule has 384 valence electrons. The van der Waals surface area contributed by atoms with E-state index in [1.807, 2.05) is 0 Å². The van der Waals surface area contributed by atoms with Crippen molar-refractivity contribution in [1.29, 1.82) is 0 Å². The molecule has 0 heterocycles. The molecule has 7 atom stereocenters. The summed E-state index contributed by atoms with van der Waals surface area (Å²) >= 11 is 0. The third kappa shape index (κ3) is 25.0. The number of carboxylic acid groups (broad SMARTS) is 3. The van der Waals surface area contributed by atoms with Gasteiger partial charge in [-0.1, -0.05) is 41.5 Å². The number of carbonyl (C=O) groups excluding carboxylic acids is 9. The molecule has 19 N–H and O–H groups in total. The van der Waals surface area contributed by atoms with Crippen molar-refractivity contribution in [3.8, 4) is 0 Å². The Morgan fingerprint density at radius 1 is 0.515 bits per heavy atom. The Labute approximate surface area is 392 Å². The summed E-state index contributed by atoms with van der Waals surface area (Å²) in [5.74, 6) is -14.8. The fourth-order valence-corrected chi connectivity index (χ4v) is 6.10. The minimum Gasteiger partial charge on any atom is -0.481 e. The molecule has 0 aromatic carbocycles. The van der Waals surface area contributed by atoms with E-state index in [-0.39, 0.29) is 37.7 Å². The normalized spacial score (nSPS) is 14.0. The molecule has 0 aliphatic rings. The van der Waals surface area contributed by atoms with Crippen molar-refractivity contribution in [2.75, 3.05) is 19.6 Å². The Bertz CT molecular complexity index is 1840. The number of nitrogens with zero attached hydrogens (tertiary/aromatic N) is 1. The second-order valence-electron chi connectivity index (χ2n) is 16.8. The number of carboxylic acids is 3. The van der Waals surface area contributed by atoms with Gasteiger partial charge in [0.25, 0.3) is 0 Å². The molecule has 0 radical (unpaired) electrons. The summed E-state index contributed by atoms with van der Waals surface area (Å²) < 4.78 is 0. The van der Waals surface area contributed by atoms with Crippen LogP contribution in [0.5, 0.6) is 0 Å². The molecule has 68 heavy (non-hydrogen) atoms. The maximum Gasteiger partial charge on any atom is 0.326 e. The lowest BCUT2D eigenvalue weighted by Crippen LogP contribution is -2.60. The van der Waals surface area contributed by atoms with Crippen LogP contribution >= 0.6 is 0 Å². The second kappa shape index (κ2) is 31.0. The number of rotatable bonds is 33. The first kappa shape index (κ1) is 60.9. The van der Waals surface area contributed by atoms with E-state index in [9.17, 15) is 72.9 Å². The van der Waals surface area contributed by atoms with Crippen molar-refractivity contribution < 1.29 is 72.9 Å². The molecule has 0 fully saturated rings. The predicted molar refractivity (Wildman–Crippen MR) is 240 cm³/mol. The van der Waals surface area contributed by atoms with Gasteiger partial charge in [-0.05, 0) is 49.9 Å². The number of guanidine groups is 1. The number of nitrogens with two attached hydrogens (primary N) is 4. The maximum absolute atomic E-state index is 13.6. The third-order valence-corrected chi connectivity index (χ3v) is 9.64.